The van der Waals surface area contributed by atoms with Crippen LogP contribution in [0.3, 0.4) is 0 Å². The van der Waals surface area contributed by atoms with Crippen molar-refractivity contribution < 1.29 is 13.9 Å². The van der Waals surface area contributed by atoms with Crippen molar-refractivity contribution in [2.75, 3.05) is 6.61 Å². The Hall–Kier alpha value is -2.36. The number of nitrogens with one attached hydrogen (secondary N) is 1. The molecule has 3 rings (SSSR count). The lowest BCUT2D eigenvalue weighted by molar-refractivity contribution is -0.121. The maximum atomic E-state index is 12.9. The molecule has 0 bridgehead atoms. The molecule has 1 aliphatic heterocycles. The molecule has 0 saturated heterocycles. The van der Waals surface area contributed by atoms with Crippen molar-refractivity contribution in [2.45, 2.75) is 32.2 Å². The Morgan fingerprint density at radius 3 is 2.74 bits per heavy atom. The standard InChI is InChI=1S/C19H20FNO2/c1-13(10-15-4-7-18-16(11-15)8-9-23-18)21-19(22)12-14-2-5-17(20)6-3-14/h2-7,11,13H,8-10,12H2,1H3,(H,21,22). The Labute approximate surface area is 135 Å². The molecule has 1 amide bonds. The first-order valence-corrected chi connectivity index (χ1v) is 7.88. The fourth-order valence-corrected chi connectivity index (χ4v) is 2.88. The van der Waals surface area contributed by atoms with Crippen LogP contribution in [0.1, 0.15) is 23.6 Å². The number of rotatable bonds is 5. The Kier molecular flexibility index (Phi) is 4.60. The number of halogens is 1. The third-order valence-electron chi connectivity index (χ3n) is 3.98. The van der Waals surface area contributed by atoms with Crippen LogP contribution in [0.5, 0.6) is 5.75 Å². The molecule has 2 aromatic carbocycles. The van der Waals surface area contributed by atoms with Gasteiger partial charge in [-0.05, 0) is 48.2 Å². The van der Waals surface area contributed by atoms with Gasteiger partial charge in [-0.15, -0.1) is 0 Å². The van der Waals surface area contributed by atoms with Gasteiger partial charge in [0.05, 0.1) is 13.0 Å². The van der Waals surface area contributed by atoms with E-state index in [0.717, 1.165) is 30.8 Å². The van der Waals surface area contributed by atoms with Gasteiger partial charge in [-0.25, -0.2) is 4.39 Å². The number of hydrogen-bond acceptors (Lipinski definition) is 2. The molecular weight excluding hydrogens is 293 g/mol. The number of ether oxygens (including phenoxy) is 1. The van der Waals surface area contributed by atoms with Gasteiger partial charge in [-0.2, -0.15) is 0 Å². The third-order valence-corrected chi connectivity index (χ3v) is 3.98. The predicted octanol–water partition coefficient (Wildman–Crippen LogP) is 3.05. The normalized spacial score (nSPS) is 14.0. The van der Waals surface area contributed by atoms with E-state index in [4.69, 9.17) is 4.74 Å². The van der Waals surface area contributed by atoms with Gasteiger partial charge in [0.25, 0.3) is 0 Å². The molecule has 1 aliphatic rings. The summed E-state index contributed by atoms with van der Waals surface area (Å²) in [6, 6.07) is 12.3. The van der Waals surface area contributed by atoms with Crippen molar-refractivity contribution in [3.05, 3.63) is 65.0 Å². The van der Waals surface area contributed by atoms with Crippen LogP contribution in [-0.2, 0) is 24.1 Å². The molecule has 0 fully saturated rings. The molecule has 3 nitrogen and oxygen atoms in total. The van der Waals surface area contributed by atoms with Crippen molar-refractivity contribution in [3.8, 4) is 5.75 Å². The topological polar surface area (TPSA) is 38.3 Å². The largest absolute Gasteiger partial charge is 0.493 e. The fourth-order valence-electron chi connectivity index (χ4n) is 2.88. The summed E-state index contributed by atoms with van der Waals surface area (Å²) in [6.45, 7) is 2.75. The first-order chi connectivity index (χ1) is 11.1. The van der Waals surface area contributed by atoms with Crippen LogP contribution in [0.25, 0.3) is 0 Å². The Bertz CT molecular complexity index is 697. The van der Waals surface area contributed by atoms with Crippen LogP contribution in [0.15, 0.2) is 42.5 Å². The van der Waals surface area contributed by atoms with Crippen molar-refractivity contribution >= 4 is 5.91 Å². The zero-order valence-electron chi connectivity index (χ0n) is 13.1. The molecule has 0 saturated carbocycles. The monoisotopic (exact) mass is 313 g/mol. The lowest BCUT2D eigenvalue weighted by Gasteiger charge is -2.14. The number of fused-ring (bicyclic) bond motifs is 1. The minimum atomic E-state index is -0.289. The first-order valence-electron chi connectivity index (χ1n) is 7.88. The van der Waals surface area contributed by atoms with E-state index in [2.05, 4.69) is 11.4 Å². The van der Waals surface area contributed by atoms with Gasteiger partial charge in [0.2, 0.25) is 5.91 Å². The lowest BCUT2D eigenvalue weighted by Crippen LogP contribution is -2.35. The summed E-state index contributed by atoms with van der Waals surface area (Å²) in [5.41, 5.74) is 3.25. The van der Waals surface area contributed by atoms with Crippen LogP contribution in [-0.4, -0.2) is 18.6 Å². The van der Waals surface area contributed by atoms with E-state index in [-0.39, 0.29) is 24.2 Å². The molecule has 1 heterocycles. The predicted molar refractivity (Wildman–Crippen MR) is 87.1 cm³/mol. The Morgan fingerprint density at radius 1 is 1.22 bits per heavy atom. The second-order valence-electron chi connectivity index (χ2n) is 6.02. The van der Waals surface area contributed by atoms with E-state index in [1.54, 1.807) is 12.1 Å². The van der Waals surface area contributed by atoms with Gasteiger partial charge in [0.15, 0.2) is 0 Å². The molecule has 1 N–H and O–H groups in total. The van der Waals surface area contributed by atoms with E-state index in [1.807, 2.05) is 19.1 Å². The highest BCUT2D eigenvalue weighted by atomic mass is 19.1. The number of carbonyl (C=O) groups excluding carboxylic acids is 1. The fraction of sp³-hybridized carbons (Fsp3) is 0.316. The highest BCUT2D eigenvalue weighted by Crippen LogP contribution is 2.26. The molecule has 0 radical (unpaired) electrons. The highest BCUT2D eigenvalue weighted by Gasteiger charge is 2.14. The summed E-state index contributed by atoms with van der Waals surface area (Å²) in [4.78, 5) is 12.1. The minimum absolute atomic E-state index is 0.0447. The van der Waals surface area contributed by atoms with Gasteiger partial charge >= 0.3 is 0 Å². The Morgan fingerprint density at radius 2 is 1.96 bits per heavy atom. The zero-order chi connectivity index (χ0) is 16.2. The highest BCUT2D eigenvalue weighted by molar-refractivity contribution is 5.78. The summed E-state index contributed by atoms with van der Waals surface area (Å²) in [5.74, 6) is 0.637. The maximum Gasteiger partial charge on any atom is 0.224 e. The van der Waals surface area contributed by atoms with E-state index in [1.165, 1.54) is 23.3 Å². The smallest absolute Gasteiger partial charge is 0.224 e. The average molecular weight is 313 g/mol. The van der Waals surface area contributed by atoms with Gasteiger partial charge in [-0.1, -0.05) is 24.3 Å². The number of amides is 1. The van der Waals surface area contributed by atoms with Crippen molar-refractivity contribution in [2.24, 2.45) is 0 Å². The summed E-state index contributed by atoms with van der Waals surface area (Å²) in [6.07, 6.45) is 2.00. The maximum absolute atomic E-state index is 12.9. The molecule has 1 unspecified atom stereocenters. The van der Waals surface area contributed by atoms with Crippen LogP contribution in [0, 0.1) is 5.82 Å². The van der Waals surface area contributed by atoms with Crippen LogP contribution < -0.4 is 10.1 Å². The number of benzene rings is 2. The summed E-state index contributed by atoms with van der Waals surface area (Å²) >= 11 is 0. The first kappa shape index (κ1) is 15.5. The molecule has 1 atom stereocenters. The lowest BCUT2D eigenvalue weighted by atomic mass is 10.0. The van der Waals surface area contributed by atoms with E-state index in [9.17, 15) is 9.18 Å². The Balaban J connectivity index is 1.53. The quantitative estimate of drug-likeness (QED) is 0.921. The van der Waals surface area contributed by atoms with Crippen LogP contribution in [0.2, 0.25) is 0 Å². The summed E-state index contributed by atoms with van der Waals surface area (Å²) in [5, 5.41) is 3.00. The second kappa shape index (κ2) is 6.82. The summed E-state index contributed by atoms with van der Waals surface area (Å²) < 4.78 is 18.4. The number of carbonyl (C=O) groups is 1. The molecule has 0 spiro atoms. The number of hydrogen-bond donors (Lipinski definition) is 1. The van der Waals surface area contributed by atoms with E-state index in [0.29, 0.717) is 0 Å². The van der Waals surface area contributed by atoms with Gasteiger partial charge in [0, 0.05) is 12.5 Å². The molecule has 0 aromatic heterocycles. The van der Waals surface area contributed by atoms with E-state index >= 15 is 0 Å². The molecule has 120 valence electrons. The third kappa shape index (κ3) is 4.09. The van der Waals surface area contributed by atoms with Crippen molar-refractivity contribution in [3.63, 3.8) is 0 Å². The van der Waals surface area contributed by atoms with Crippen LogP contribution >= 0.6 is 0 Å². The SMILES string of the molecule is CC(Cc1ccc2c(c1)CCO2)NC(=O)Cc1ccc(F)cc1. The van der Waals surface area contributed by atoms with Crippen LogP contribution in [0.4, 0.5) is 4.39 Å². The van der Waals surface area contributed by atoms with Gasteiger partial charge < -0.3 is 10.1 Å². The average Bonchev–Trinajstić information content (AvgIpc) is 2.97. The molecule has 0 aliphatic carbocycles. The molecular formula is C19H20FNO2. The van der Waals surface area contributed by atoms with Crippen molar-refractivity contribution in [1.82, 2.24) is 5.32 Å². The zero-order valence-corrected chi connectivity index (χ0v) is 13.1. The molecule has 2 aromatic rings. The second-order valence-corrected chi connectivity index (χ2v) is 6.02. The van der Waals surface area contributed by atoms with Crippen molar-refractivity contribution in [1.29, 1.82) is 0 Å². The molecule has 4 heteroatoms. The van der Waals surface area contributed by atoms with E-state index < -0.39 is 0 Å². The molecule has 23 heavy (non-hydrogen) atoms. The van der Waals surface area contributed by atoms with Gasteiger partial charge in [0.1, 0.15) is 11.6 Å². The summed E-state index contributed by atoms with van der Waals surface area (Å²) in [7, 11) is 0. The minimum Gasteiger partial charge on any atom is -0.493 e. The van der Waals surface area contributed by atoms with Gasteiger partial charge in [-0.3, -0.25) is 4.79 Å².